The van der Waals surface area contributed by atoms with Crippen molar-refractivity contribution in [3.8, 4) is 11.5 Å². The van der Waals surface area contributed by atoms with Crippen molar-refractivity contribution in [2.45, 2.75) is 12.8 Å². The Balaban J connectivity index is 1.64. The van der Waals surface area contributed by atoms with E-state index in [0.717, 1.165) is 66.8 Å². The Kier molecular flexibility index (Phi) is 6.42. The Morgan fingerprint density at radius 1 is 0.939 bits per heavy atom. The van der Waals surface area contributed by atoms with Crippen LogP contribution in [0.2, 0.25) is 0 Å². The summed E-state index contributed by atoms with van der Waals surface area (Å²) in [5.41, 5.74) is 4.41. The summed E-state index contributed by atoms with van der Waals surface area (Å²) < 4.78 is 31.6. The predicted molar refractivity (Wildman–Crippen MR) is 126 cm³/mol. The Labute approximate surface area is 194 Å². The normalized spacial score (nSPS) is 18.5. The SMILES string of the molecule is CCOc1ccc(C2=C(C[NH+]3CCOCC3)[C@@H](c3ccc(F)cc3)c3ccccc3O2)cc1. The van der Waals surface area contributed by atoms with Gasteiger partial charge in [0.1, 0.15) is 42.7 Å². The molecule has 33 heavy (non-hydrogen) atoms. The van der Waals surface area contributed by atoms with E-state index in [0.29, 0.717) is 6.61 Å². The number of ether oxygens (including phenoxy) is 3. The molecule has 0 aromatic heterocycles. The zero-order valence-corrected chi connectivity index (χ0v) is 18.9. The number of para-hydroxylation sites is 1. The first kappa shape index (κ1) is 21.7. The van der Waals surface area contributed by atoms with E-state index in [-0.39, 0.29) is 11.7 Å². The molecule has 0 spiro atoms. The van der Waals surface area contributed by atoms with Crippen LogP contribution in [-0.4, -0.2) is 39.5 Å². The zero-order chi connectivity index (χ0) is 22.6. The van der Waals surface area contributed by atoms with E-state index in [1.54, 1.807) is 12.1 Å². The Morgan fingerprint density at radius 3 is 2.39 bits per heavy atom. The highest BCUT2D eigenvalue weighted by molar-refractivity contribution is 5.72. The Morgan fingerprint density at radius 2 is 1.67 bits per heavy atom. The van der Waals surface area contributed by atoms with Crippen molar-refractivity contribution in [3.63, 3.8) is 0 Å². The minimum Gasteiger partial charge on any atom is -0.494 e. The van der Waals surface area contributed by atoms with E-state index < -0.39 is 0 Å². The summed E-state index contributed by atoms with van der Waals surface area (Å²) in [6.45, 7) is 6.88. The van der Waals surface area contributed by atoms with Crippen LogP contribution in [0.5, 0.6) is 11.5 Å². The second kappa shape index (κ2) is 9.77. The molecule has 0 saturated carbocycles. The monoisotopic (exact) mass is 446 g/mol. The van der Waals surface area contributed by atoms with Crippen LogP contribution in [0, 0.1) is 5.82 Å². The number of halogens is 1. The van der Waals surface area contributed by atoms with Gasteiger partial charge in [0, 0.05) is 22.6 Å². The third-order valence-electron chi connectivity index (χ3n) is 6.35. The summed E-state index contributed by atoms with van der Waals surface area (Å²) in [6.07, 6.45) is 0. The molecule has 1 atom stereocenters. The van der Waals surface area contributed by atoms with Crippen molar-refractivity contribution in [2.24, 2.45) is 0 Å². The van der Waals surface area contributed by atoms with Crippen molar-refractivity contribution in [2.75, 3.05) is 39.5 Å². The lowest BCUT2D eigenvalue weighted by Gasteiger charge is -2.34. The van der Waals surface area contributed by atoms with Crippen molar-refractivity contribution >= 4 is 5.76 Å². The van der Waals surface area contributed by atoms with Crippen LogP contribution in [0.1, 0.15) is 29.5 Å². The average Bonchev–Trinajstić information content (AvgIpc) is 2.86. The second-order valence-electron chi connectivity index (χ2n) is 8.48. The summed E-state index contributed by atoms with van der Waals surface area (Å²) >= 11 is 0. The number of rotatable bonds is 6. The average molecular weight is 447 g/mol. The number of morpholine rings is 1. The second-order valence-corrected chi connectivity index (χ2v) is 8.48. The summed E-state index contributed by atoms with van der Waals surface area (Å²) in [7, 11) is 0. The molecule has 5 heteroatoms. The smallest absolute Gasteiger partial charge is 0.140 e. The van der Waals surface area contributed by atoms with Gasteiger partial charge in [-0.15, -0.1) is 0 Å². The van der Waals surface area contributed by atoms with Crippen molar-refractivity contribution < 1.29 is 23.5 Å². The van der Waals surface area contributed by atoms with Crippen molar-refractivity contribution in [3.05, 3.63) is 101 Å². The number of benzene rings is 3. The summed E-state index contributed by atoms with van der Waals surface area (Å²) in [5.74, 6) is 2.33. The highest BCUT2D eigenvalue weighted by atomic mass is 19.1. The lowest BCUT2D eigenvalue weighted by atomic mass is 9.81. The third-order valence-corrected chi connectivity index (χ3v) is 6.35. The van der Waals surface area contributed by atoms with E-state index in [1.165, 1.54) is 10.5 Å². The fourth-order valence-electron chi connectivity index (χ4n) is 4.74. The Hall–Kier alpha value is -3.15. The van der Waals surface area contributed by atoms with Crippen LogP contribution < -0.4 is 14.4 Å². The minimum atomic E-state index is -0.227. The maximum absolute atomic E-state index is 13.8. The maximum Gasteiger partial charge on any atom is 0.140 e. The molecular formula is C28H29FNO3+. The number of fused-ring (bicyclic) bond motifs is 1. The van der Waals surface area contributed by atoms with Crippen LogP contribution in [0.4, 0.5) is 4.39 Å². The largest absolute Gasteiger partial charge is 0.494 e. The quantitative estimate of drug-likeness (QED) is 0.620. The minimum absolute atomic E-state index is 0.00698. The lowest BCUT2D eigenvalue weighted by Crippen LogP contribution is -3.14. The molecule has 1 N–H and O–H groups in total. The van der Waals surface area contributed by atoms with Gasteiger partial charge in [0.25, 0.3) is 0 Å². The number of hydrogen-bond acceptors (Lipinski definition) is 3. The summed E-state index contributed by atoms with van der Waals surface area (Å²) in [5, 5.41) is 0. The van der Waals surface area contributed by atoms with E-state index in [9.17, 15) is 4.39 Å². The molecule has 0 bridgehead atoms. The lowest BCUT2D eigenvalue weighted by molar-refractivity contribution is -0.903. The molecule has 3 aromatic carbocycles. The highest BCUT2D eigenvalue weighted by Gasteiger charge is 2.34. The first-order valence-electron chi connectivity index (χ1n) is 11.6. The van der Waals surface area contributed by atoms with Crippen molar-refractivity contribution in [1.29, 1.82) is 0 Å². The molecule has 0 amide bonds. The highest BCUT2D eigenvalue weighted by Crippen LogP contribution is 2.45. The van der Waals surface area contributed by atoms with E-state index in [1.807, 2.05) is 49.4 Å². The molecule has 2 heterocycles. The molecule has 0 aliphatic carbocycles. The van der Waals surface area contributed by atoms with Crippen LogP contribution in [0.25, 0.3) is 5.76 Å². The molecule has 1 fully saturated rings. The molecule has 170 valence electrons. The van der Waals surface area contributed by atoms with Gasteiger partial charge in [0.2, 0.25) is 0 Å². The van der Waals surface area contributed by atoms with Gasteiger partial charge in [-0.05, 0) is 55.0 Å². The van der Waals surface area contributed by atoms with Crippen LogP contribution in [0.3, 0.4) is 0 Å². The maximum atomic E-state index is 13.8. The van der Waals surface area contributed by atoms with Gasteiger partial charge in [0.05, 0.1) is 19.8 Å². The van der Waals surface area contributed by atoms with Gasteiger partial charge in [-0.1, -0.05) is 30.3 Å². The molecular weight excluding hydrogens is 417 g/mol. The summed E-state index contributed by atoms with van der Waals surface area (Å²) in [4.78, 5) is 1.47. The molecule has 3 aromatic rings. The van der Waals surface area contributed by atoms with E-state index >= 15 is 0 Å². The van der Waals surface area contributed by atoms with Gasteiger partial charge >= 0.3 is 0 Å². The molecule has 2 aliphatic rings. The van der Waals surface area contributed by atoms with Gasteiger partial charge in [-0.3, -0.25) is 0 Å². The standard InChI is InChI=1S/C28H28FNO3/c1-2-32-23-13-9-21(10-14-23)28-25(19-30-15-17-31-18-16-30)27(20-7-11-22(29)12-8-20)24-5-3-4-6-26(24)33-28/h3-14,27H,2,15-19H2,1H3/p+1/t27-/m0/s1. The van der Waals surface area contributed by atoms with Crippen LogP contribution in [0.15, 0.2) is 78.4 Å². The van der Waals surface area contributed by atoms with Crippen LogP contribution in [-0.2, 0) is 4.74 Å². The fourth-order valence-corrected chi connectivity index (χ4v) is 4.74. The molecule has 2 aliphatic heterocycles. The molecule has 1 saturated heterocycles. The third kappa shape index (κ3) is 4.65. The van der Waals surface area contributed by atoms with E-state index in [2.05, 4.69) is 18.2 Å². The number of quaternary nitrogens is 1. The van der Waals surface area contributed by atoms with Gasteiger partial charge in [-0.25, -0.2) is 4.39 Å². The fraction of sp³-hybridized carbons (Fsp3) is 0.286. The van der Waals surface area contributed by atoms with Crippen molar-refractivity contribution in [1.82, 2.24) is 0 Å². The predicted octanol–water partition coefficient (Wildman–Crippen LogP) is 4.08. The molecule has 0 radical (unpaired) electrons. The van der Waals surface area contributed by atoms with Gasteiger partial charge in [-0.2, -0.15) is 0 Å². The van der Waals surface area contributed by atoms with Gasteiger partial charge < -0.3 is 19.1 Å². The Bertz CT molecular complexity index is 1120. The summed E-state index contributed by atoms with van der Waals surface area (Å²) in [6, 6.07) is 23.1. The molecule has 4 nitrogen and oxygen atoms in total. The first-order valence-corrected chi connectivity index (χ1v) is 11.6. The number of nitrogens with one attached hydrogen (secondary N) is 1. The topological polar surface area (TPSA) is 32.1 Å². The van der Waals surface area contributed by atoms with E-state index in [4.69, 9.17) is 14.2 Å². The molecule has 5 rings (SSSR count). The van der Waals surface area contributed by atoms with Gasteiger partial charge in [0.15, 0.2) is 0 Å². The number of hydrogen-bond donors (Lipinski definition) is 1. The first-order chi connectivity index (χ1) is 16.2. The zero-order valence-electron chi connectivity index (χ0n) is 18.9. The molecule has 0 unspecified atom stereocenters. The van der Waals surface area contributed by atoms with Crippen LogP contribution >= 0.6 is 0 Å².